The van der Waals surface area contributed by atoms with Crippen molar-refractivity contribution in [1.82, 2.24) is 0 Å². The van der Waals surface area contributed by atoms with Crippen LogP contribution in [0.5, 0.6) is 0 Å². The van der Waals surface area contributed by atoms with Crippen LogP contribution in [-0.2, 0) is 14.3 Å². The molecule has 0 heterocycles. The molecule has 3 heteroatoms. The van der Waals surface area contributed by atoms with E-state index in [1.807, 2.05) is 6.92 Å². The maximum atomic E-state index is 11.2. The lowest BCUT2D eigenvalue weighted by Crippen LogP contribution is -2.21. The number of ether oxygens (including phenoxy) is 1. The van der Waals surface area contributed by atoms with Gasteiger partial charge in [-0.25, -0.2) is 0 Å². The minimum Gasteiger partial charge on any atom is -0.465 e. The first-order chi connectivity index (χ1) is 5.65. The molecule has 1 aliphatic carbocycles. The normalized spacial score (nSPS) is 29.0. The van der Waals surface area contributed by atoms with Crippen molar-refractivity contribution in [2.45, 2.75) is 26.7 Å². The van der Waals surface area contributed by atoms with Crippen molar-refractivity contribution in [3.63, 3.8) is 0 Å². The lowest BCUT2D eigenvalue weighted by Gasteiger charge is -2.06. The molecule has 1 saturated carbocycles. The molecule has 68 valence electrons. The SMILES string of the molecule is CCOC(=O)[C@H]1C[C@@H](C)CC1=O. The first kappa shape index (κ1) is 9.23. The van der Waals surface area contributed by atoms with E-state index >= 15 is 0 Å². The smallest absolute Gasteiger partial charge is 0.316 e. The Kier molecular flexibility index (Phi) is 2.84. The summed E-state index contributed by atoms with van der Waals surface area (Å²) in [6.07, 6.45) is 1.20. The van der Waals surface area contributed by atoms with Crippen LogP contribution < -0.4 is 0 Å². The molecule has 1 fully saturated rings. The fourth-order valence-electron chi connectivity index (χ4n) is 1.57. The number of rotatable bonds is 2. The van der Waals surface area contributed by atoms with Crippen molar-refractivity contribution in [2.75, 3.05) is 6.61 Å². The average molecular weight is 170 g/mol. The highest BCUT2D eigenvalue weighted by atomic mass is 16.5. The fraction of sp³-hybridized carbons (Fsp3) is 0.778. The van der Waals surface area contributed by atoms with Crippen LogP contribution >= 0.6 is 0 Å². The van der Waals surface area contributed by atoms with Gasteiger partial charge in [-0.05, 0) is 19.3 Å². The quantitative estimate of drug-likeness (QED) is 0.461. The van der Waals surface area contributed by atoms with E-state index in [1.54, 1.807) is 6.92 Å². The number of Topliss-reactive ketones (excluding diaryl/α,β-unsaturated/α-hetero) is 1. The van der Waals surface area contributed by atoms with E-state index in [0.29, 0.717) is 25.4 Å². The van der Waals surface area contributed by atoms with Gasteiger partial charge in [0, 0.05) is 6.42 Å². The van der Waals surface area contributed by atoms with E-state index in [1.165, 1.54) is 0 Å². The van der Waals surface area contributed by atoms with Crippen LogP contribution in [0.1, 0.15) is 26.7 Å². The summed E-state index contributed by atoms with van der Waals surface area (Å²) in [6.45, 7) is 4.09. The molecule has 1 rings (SSSR count). The summed E-state index contributed by atoms with van der Waals surface area (Å²) in [5.41, 5.74) is 0. The van der Waals surface area contributed by atoms with E-state index in [9.17, 15) is 9.59 Å². The minimum absolute atomic E-state index is 0.0425. The maximum Gasteiger partial charge on any atom is 0.316 e. The maximum absolute atomic E-state index is 11.2. The molecule has 0 radical (unpaired) electrons. The summed E-state index contributed by atoms with van der Waals surface area (Å²) < 4.78 is 4.78. The van der Waals surface area contributed by atoms with Crippen molar-refractivity contribution in [3.05, 3.63) is 0 Å². The molecule has 0 spiro atoms. The Morgan fingerprint density at radius 3 is 2.75 bits per heavy atom. The number of esters is 1. The Morgan fingerprint density at radius 1 is 1.67 bits per heavy atom. The van der Waals surface area contributed by atoms with Crippen molar-refractivity contribution in [2.24, 2.45) is 11.8 Å². The van der Waals surface area contributed by atoms with Gasteiger partial charge >= 0.3 is 5.97 Å². The van der Waals surface area contributed by atoms with E-state index in [4.69, 9.17) is 4.74 Å². The third-order valence-corrected chi connectivity index (χ3v) is 2.15. The first-order valence-electron chi connectivity index (χ1n) is 4.34. The third kappa shape index (κ3) is 1.84. The molecule has 0 N–H and O–H groups in total. The number of carbonyl (C=O) groups is 2. The largest absolute Gasteiger partial charge is 0.465 e. The monoisotopic (exact) mass is 170 g/mol. The number of carbonyl (C=O) groups excluding carboxylic acids is 2. The van der Waals surface area contributed by atoms with Crippen LogP contribution in [0.25, 0.3) is 0 Å². The van der Waals surface area contributed by atoms with Gasteiger partial charge in [-0.15, -0.1) is 0 Å². The Balaban J connectivity index is 2.52. The summed E-state index contributed by atoms with van der Waals surface area (Å²) in [4.78, 5) is 22.4. The fourth-order valence-corrected chi connectivity index (χ4v) is 1.57. The molecule has 12 heavy (non-hydrogen) atoms. The van der Waals surface area contributed by atoms with E-state index in [2.05, 4.69) is 0 Å². The molecule has 0 amide bonds. The lowest BCUT2D eigenvalue weighted by atomic mass is 10.1. The van der Waals surface area contributed by atoms with E-state index in [0.717, 1.165) is 0 Å². The Bertz CT molecular complexity index is 198. The van der Waals surface area contributed by atoms with Crippen molar-refractivity contribution >= 4 is 11.8 Å². The molecule has 0 aliphatic heterocycles. The predicted molar refractivity (Wildman–Crippen MR) is 43.5 cm³/mol. The molecule has 0 aromatic carbocycles. The molecule has 0 unspecified atom stereocenters. The highest BCUT2D eigenvalue weighted by Gasteiger charge is 2.36. The van der Waals surface area contributed by atoms with Gasteiger partial charge in [0.2, 0.25) is 0 Å². The number of hydrogen-bond acceptors (Lipinski definition) is 3. The summed E-state index contributed by atoms with van der Waals surface area (Å²) >= 11 is 0. The molecule has 1 aliphatic rings. The second kappa shape index (κ2) is 3.70. The molecule has 0 aromatic rings. The van der Waals surface area contributed by atoms with Gasteiger partial charge in [0.1, 0.15) is 11.7 Å². The van der Waals surface area contributed by atoms with Gasteiger partial charge in [0.25, 0.3) is 0 Å². The Labute approximate surface area is 72.1 Å². The van der Waals surface area contributed by atoms with Crippen molar-refractivity contribution < 1.29 is 14.3 Å². The van der Waals surface area contributed by atoms with Gasteiger partial charge in [0.15, 0.2) is 0 Å². The summed E-state index contributed by atoms with van der Waals surface area (Å²) in [6, 6.07) is 0. The highest BCUT2D eigenvalue weighted by Crippen LogP contribution is 2.27. The van der Waals surface area contributed by atoms with Crippen LogP contribution in [-0.4, -0.2) is 18.4 Å². The van der Waals surface area contributed by atoms with Crippen LogP contribution in [0.3, 0.4) is 0 Å². The number of hydrogen-bond donors (Lipinski definition) is 0. The van der Waals surface area contributed by atoms with Gasteiger partial charge in [-0.2, -0.15) is 0 Å². The lowest BCUT2D eigenvalue weighted by molar-refractivity contribution is -0.150. The van der Waals surface area contributed by atoms with E-state index < -0.39 is 5.92 Å². The number of ketones is 1. The van der Waals surface area contributed by atoms with Crippen molar-refractivity contribution in [3.8, 4) is 0 Å². The molecule has 2 atom stereocenters. The van der Waals surface area contributed by atoms with Gasteiger partial charge < -0.3 is 4.74 Å². The zero-order valence-corrected chi connectivity index (χ0v) is 7.50. The zero-order valence-electron chi connectivity index (χ0n) is 7.50. The first-order valence-corrected chi connectivity index (χ1v) is 4.34. The van der Waals surface area contributed by atoms with Crippen molar-refractivity contribution in [1.29, 1.82) is 0 Å². The second-order valence-electron chi connectivity index (χ2n) is 3.32. The molecule has 3 nitrogen and oxygen atoms in total. The highest BCUT2D eigenvalue weighted by molar-refractivity contribution is 6.00. The summed E-state index contributed by atoms with van der Waals surface area (Å²) in [5, 5.41) is 0. The molecule has 0 saturated heterocycles. The van der Waals surface area contributed by atoms with Gasteiger partial charge in [0.05, 0.1) is 6.61 Å². The molecule has 0 aromatic heterocycles. The summed E-state index contributed by atoms with van der Waals surface area (Å²) in [5.74, 6) is -0.431. The van der Waals surface area contributed by atoms with Crippen LogP contribution in [0.15, 0.2) is 0 Å². The van der Waals surface area contributed by atoms with Crippen LogP contribution in [0.4, 0.5) is 0 Å². The average Bonchev–Trinajstić information content (AvgIpc) is 2.30. The molecular formula is C9H14O3. The molecule has 0 bridgehead atoms. The third-order valence-electron chi connectivity index (χ3n) is 2.15. The second-order valence-corrected chi connectivity index (χ2v) is 3.32. The van der Waals surface area contributed by atoms with Gasteiger partial charge in [-0.3, -0.25) is 9.59 Å². The Hall–Kier alpha value is -0.860. The minimum atomic E-state index is -0.472. The topological polar surface area (TPSA) is 43.4 Å². The Morgan fingerprint density at radius 2 is 2.33 bits per heavy atom. The van der Waals surface area contributed by atoms with Crippen LogP contribution in [0, 0.1) is 11.8 Å². The van der Waals surface area contributed by atoms with Crippen LogP contribution in [0.2, 0.25) is 0 Å². The summed E-state index contributed by atoms with van der Waals surface area (Å²) in [7, 11) is 0. The zero-order chi connectivity index (χ0) is 9.14. The molecular weight excluding hydrogens is 156 g/mol. The predicted octanol–water partition coefficient (Wildman–Crippen LogP) is 1.16. The van der Waals surface area contributed by atoms with E-state index in [-0.39, 0.29) is 11.8 Å². The van der Waals surface area contributed by atoms with Gasteiger partial charge in [-0.1, -0.05) is 6.92 Å². The standard InChI is InChI=1S/C9H14O3/c1-3-12-9(11)7-4-6(2)5-8(7)10/h6-7H,3-5H2,1-2H3/t6-,7+/m1/s1.